The van der Waals surface area contributed by atoms with E-state index in [1.54, 1.807) is 7.11 Å². The number of methoxy groups -OCH3 is 1. The van der Waals surface area contributed by atoms with E-state index in [1.807, 2.05) is 12.1 Å². The van der Waals surface area contributed by atoms with Gasteiger partial charge in [-0.25, -0.2) is 0 Å². The maximum absolute atomic E-state index is 5.35. The van der Waals surface area contributed by atoms with Crippen molar-refractivity contribution in [1.29, 1.82) is 0 Å². The highest BCUT2D eigenvalue weighted by molar-refractivity contribution is 4.71. The van der Waals surface area contributed by atoms with E-state index in [-0.39, 0.29) is 0 Å². The summed E-state index contributed by atoms with van der Waals surface area (Å²) in [5, 5.41) is 5.10. The summed E-state index contributed by atoms with van der Waals surface area (Å²) in [6.45, 7) is 3.32. The molecule has 0 aliphatic carbocycles. The fourth-order valence-corrected chi connectivity index (χ4v) is 1.07. The second-order valence-corrected chi connectivity index (χ2v) is 2.66. The van der Waals surface area contributed by atoms with Gasteiger partial charge in [0, 0.05) is 26.2 Å². The van der Waals surface area contributed by atoms with E-state index in [0.29, 0.717) is 6.04 Å². The second kappa shape index (κ2) is 4.66. The number of hydrogen-bond acceptors (Lipinski definition) is 4. The Morgan fingerprint density at radius 1 is 1.73 bits per heavy atom. The summed E-state index contributed by atoms with van der Waals surface area (Å²) in [5.74, 6) is 0. The normalized spacial score (nSPS) is 26.2. The third-order valence-electron chi connectivity index (χ3n) is 1.84. The van der Waals surface area contributed by atoms with Crippen LogP contribution in [-0.4, -0.2) is 51.6 Å². The topological polar surface area (TPSA) is 33.7 Å². The van der Waals surface area contributed by atoms with Crippen molar-refractivity contribution in [2.45, 2.75) is 6.04 Å². The van der Waals surface area contributed by atoms with Gasteiger partial charge in [-0.15, -0.1) is 0 Å². The molecule has 0 aromatic carbocycles. The van der Waals surface area contributed by atoms with Crippen molar-refractivity contribution < 1.29 is 9.57 Å². The molecule has 1 saturated heterocycles. The first-order valence-electron chi connectivity index (χ1n) is 3.91. The molecule has 0 aromatic heterocycles. The number of nitrogens with one attached hydrogen (secondary N) is 1. The Morgan fingerprint density at radius 3 is 3.09 bits per heavy atom. The van der Waals surface area contributed by atoms with Gasteiger partial charge in [0.05, 0.1) is 13.2 Å². The van der Waals surface area contributed by atoms with Crippen LogP contribution in [0, 0.1) is 0 Å². The van der Waals surface area contributed by atoms with Gasteiger partial charge < -0.3 is 10.1 Å². The van der Waals surface area contributed by atoms with Crippen molar-refractivity contribution in [1.82, 2.24) is 10.4 Å². The van der Waals surface area contributed by atoms with Crippen molar-refractivity contribution in [3.63, 3.8) is 0 Å². The Kier molecular flexibility index (Phi) is 3.79. The minimum absolute atomic E-state index is 0.479. The highest BCUT2D eigenvalue weighted by atomic mass is 16.7. The van der Waals surface area contributed by atoms with E-state index in [2.05, 4.69) is 5.32 Å². The Hall–Kier alpha value is -0.160. The smallest absolute Gasteiger partial charge is 0.0851 e. The molecule has 11 heavy (non-hydrogen) atoms. The monoisotopic (exact) mass is 160 g/mol. The van der Waals surface area contributed by atoms with E-state index in [4.69, 9.17) is 9.57 Å². The third-order valence-corrected chi connectivity index (χ3v) is 1.84. The lowest BCUT2D eigenvalue weighted by Gasteiger charge is -2.12. The Labute approximate surface area is 67.4 Å². The molecule has 1 unspecified atom stereocenters. The molecular formula is C7H16N2O2. The number of hydrogen-bond donors (Lipinski definition) is 1. The fourth-order valence-electron chi connectivity index (χ4n) is 1.07. The SMILES string of the molecule is CNC1CON(CCOC)C1. The second-order valence-electron chi connectivity index (χ2n) is 2.66. The highest BCUT2D eigenvalue weighted by Crippen LogP contribution is 2.03. The van der Waals surface area contributed by atoms with Gasteiger partial charge in [-0.05, 0) is 7.05 Å². The highest BCUT2D eigenvalue weighted by Gasteiger charge is 2.20. The van der Waals surface area contributed by atoms with Gasteiger partial charge in [0.2, 0.25) is 0 Å². The van der Waals surface area contributed by atoms with Gasteiger partial charge >= 0.3 is 0 Å². The van der Waals surface area contributed by atoms with Gasteiger partial charge in [0.15, 0.2) is 0 Å². The quantitative estimate of drug-likeness (QED) is 0.599. The number of ether oxygens (including phenoxy) is 1. The van der Waals surface area contributed by atoms with Crippen LogP contribution >= 0.6 is 0 Å². The van der Waals surface area contributed by atoms with Crippen LogP contribution < -0.4 is 5.32 Å². The molecule has 66 valence electrons. The maximum atomic E-state index is 5.35. The van der Waals surface area contributed by atoms with Crippen LogP contribution in [0.5, 0.6) is 0 Å². The molecule has 1 N–H and O–H groups in total. The van der Waals surface area contributed by atoms with E-state index in [9.17, 15) is 0 Å². The van der Waals surface area contributed by atoms with Crippen molar-refractivity contribution >= 4 is 0 Å². The molecule has 1 fully saturated rings. The molecule has 4 heteroatoms. The molecule has 0 amide bonds. The summed E-state index contributed by atoms with van der Waals surface area (Å²) in [4.78, 5) is 5.35. The van der Waals surface area contributed by atoms with Crippen LogP contribution in [0.25, 0.3) is 0 Å². The Morgan fingerprint density at radius 2 is 2.55 bits per heavy atom. The summed E-state index contributed by atoms with van der Waals surface area (Å²) in [7, 11) is 3.65. The molecule has 1 heterocycles. The molecule has 0 radical (unpaired) electrons. The van der Waals surface area contributed by atoms with Crippen molar-refractivity contribution in [3.8, 4) is 0 Å². The zero-order chi connectivity index (χ0) is 8.10. The van der Waals surface area contributed by atoms with Gasteiger partial charge in [-0.1, -0.05) is 0 Å². The van der Waals surface area contributed by atoms with Gasteiger partial charge in [0.25, 0.3) is 0 Å². The number of likely N-dealkylation sites (N-methyl/N-ethyl adjacent to an activating group) is 1. The molecule has 4 nitrogen and oxygen atoms in total. The first-order chi connectivity index (χ1) is 5.36. The first kappa shape index (κ1) is 8.93. The number of hydroxylamine groups is 2. The van der Waals surface area contributed by atoms with Crippen LogP contribution in [-0.2, 0) is 9.57 Å². The van der Waals surface area contributed by atoms with E-state index >= 15 is 0 Å². The average Bonchev–Trinajstić information content (AvgIpc) is 2.48. The molecule has 1 atom stereocenters. The van der Waals surface area contributed by atoms with Crippen LogP contribution in [0.3, 0.4) is 0 Å². The van der Waals surface area contributed by atoms with Crippen LogP contribution in [0.15, 0.2) is 0 Å². The zero-order valence-electron chi connectivity index (χ0n) is 7.17. The predicted molar refractivity (Wildman–Crippen MR) is 42.2 cm³/mol. The Balaban J connectivity index is 2.09. The fraction of sp³-hybridized carbons (Fsp3) is 1.00. The third kappa shape index (κ3) is 2.75. The van der Waals surface area contributed by atoms with Crippen molar-refractivity contribution in [2.75, 3.05) is 40.5 Å². The standard InChI is InChI=1S/C7H16N2O2/c1-8-7-5-9(11-6-7)3-4-10-2/h7-8H,3-6H2,1-2H3. The van der Waals surface area contributed by atoms with Gasteiger partial charge in [-0.3, -0.25) is 4.84 Å². The lowest BCUT2D eigenvalue weighted by molar-refractivity contribution is -0.118. The van der Waals surface area contributed by atoms with Crippen LogP contribution in [0.4, 0.5) is 0 Å². The molecule has 0 spiro atoms. The zero-order valence-corrected chi connectivity index (χ0v) is 7.17. The summed E-state index contributed by atoms with van der Waals surface area (Å²) < 4.78 is 4.93. The molecule has 1 aliphatic heterocycles. The van der Waals surface area contributed by atoms with Gasteiger partial charge in [0.1, 0.15) is 0 Å². The lowest BCUT2D eigenvalue weighted by Crippen LogP contribution is -2.31. The molecule has 1 aliphatic rings. The molecule has 0 saturated carbocycles. The summed E-state index contributed by atoms with van der Waals surface area (Å²) in [6.07, 6.45) is 0. The minimum atomic E-state index is 0.479. The summed E-state index contributed by atoms with van der Waals surface area (Å²) in [5.41, 5.74) is 0. The number of rotatable bonds is 4. The first-order valence-corrected chi connectivity index (χ1v) is 3.91. The largest absolute Gasteiger partial charge is 0.383 e. The predicted octanol–water partition coefficient (Wildman–Crippen LogP) is -0.532. The molecule has 0 bridgehead atoms. The minimum Gasteiger partial charge on any atom is -0.383 e. The van der Waals surface area contributed by atoms with E-state index in [0.717, 1.165) is 26.3 Å². The lowest BCUT2D eigenvalue weighted by atomic mass is 10.3. The van der Waals surface area contributed by atoms with Crippen LogP contribution in [0.1, 0.15) is 0 Å². The van der Waals surface area contributed by atoms with E-state index < -0.39 is 0 Å². The molecule has 0 aromatic rings. The van der Waals surface area contributed by atoms with Crippen molar-refractivity contribution in [2.24, 2.45) is 0 Å². The molecule has 1 rings (SSSR count). The van der Waals surface area contributed by atoms with Crippen molar-refractivity contribution in [3.05, 3.63) is 0 Å². The summed E-state index contributed by atoms with van der Waals surface area (Å²) in [6, 6.07) is 0.479. The molecular weight excluding hydrogens is 144 g/mol. The van der Waals surface area contributed by atoms with Crippen LogP contribution in [0.2, 0.25) is 0 Å². The average molecular weight is 160 g/mol. The van der Waals surface area contributed by atoms with Gasteiger partial charge in [-0.2, -0.15) is 5.06 Å². The Bertz CT molecular complexity index is 111. The summed E-state index contributed by atoms with van der Waals surface area (Å²) >= 11 is 0. The van der Waals surface area contributed by atoms with E-state index in [1.165, 1.54) is 0 Å². The maximum Gasteiger partial charge on any atom is 0.0851 e. The number of nitrogens with zero attached hydrogens (tertiary/aromatic N) is 1.